The summed E-state index contributed by atoms with van der Waals surface area (Å²) in [7, 11) is 0. The van der Waals surface area contributed by atoms with Crippen LogP contribution in [0.4, 0.5) is 8.78 Å². The average Bonchev–Trinajstić information content (AvgIpc) is 2.65. The van der Waals surface area contributed by atoms with Crippen molar-refractivity contribution in [1.29, 1.82) is 0 Å². The molecule has 0 unspecified atom stereocenters. The largest absolute Gasteiger partial charge is 0.382 e. The second kappa shape index (κ2) is 9.01. The van der Waals surface area contributed by atoms with Crippen LogP contribution in [0, 0.1) is 0 Å². The number of nitrogens with one attached hydrogen (secondary N) is 1. The number of halogens is 2. The number of hydrogen-bond donors (Lipinski definition) is 2. The predicted molar refractivity (Wildman–Crippen MR) is 99.3 cm³/mol. The van der Waals surface area contributed by atoms with E-state index >= 15 is 0 Å². The molecule has 0 spiro atoms. The van der Waals surface area contributed by atoms with Crippen LogP contribution in [-0.4, -0.2) is 35.5 Å². The molecular formula is C21H25F2NO2. The van der Waals surface area contributed by atoms with Crippen LogP contribution in [0.25, 0.3) is 11.1 Å². The van der Waals surface area contributed by atoms with Crippen LogP contribution < -0.4 is 5.32 Å². The minimum absolute atomic E-state index is 0.0896. The van der Waals surface area contributed by atoms with Gasteiger partial charge in [-0.05, 0) is 36.6 Å². The third-order valence-corrected chi connectivity index (χ3v) is 4.52. The van der Waals surface area contributed by atoms with E-state index in [1.54, 1.807) is 6.92 Å². The van der Waals surface area contributed by atoms with Crippen molar-refractivity contribution in [2.45, 2.75) is 44.8 Å². The zero-order valence-electron chi connectivity index (χ0n) is 15.1. The van der Waals surface area contributed by atoms with Gasteiger partial charge in [-0.2, -0.15) is 0 Å². The summed E-state index contributed by atoms with van der Waals surface area (Å²) in [6.45, 7) is 2.92. The number of Topliss-reactive ketones (excluding diaryl/α,β-unsaturated/α-hetero) is 1. The molecule has 0 radical (unpaired) electrons. The summed E-state index contributed by atoms with van der Waals surface area (Å²) < 4.78 is 26.1. The van der Waals surface area contributed by atoms with Crippen LogP contribution in [0.15, 0.2) is 54.6 Å². The minimum Gasteiger partial charge on any atom is -0.382 e. The van der Waals surface area contributed by atoms with Gasteiger partial charge >= 0.3 is 0 Å². The van der Waals surface area contributed by atoms with E-state index in [1.807, 2.05) is 54.6 Å². The fraction of sp³-hybridized carbons (Fsp3) is 0.381. The van der Waals surface area contributed by atoms with Gasteiger partial charge in [-0.1, -0.05) is 61.5 Å². The zero-order chi connectivity index (χ0) is 19.2. The van der Waals surface area contributed by atoms with Crippen molar-refractivity contribution in [3.63, 3.8) is 0 Å². The van der Waals surface area contributed by atoms with Gasteiger partial charge in [-0.15, -0.1) is 0 Å². The summed E-state index contributed by atoms with van der Waals surface area (Å²) in [5.74, 6) is -0.422. The topological polar surface area (TPSA) is 49.3 Å². The second-order valence-electron chi connectivity index (χ2n) is 6.55. The number of alkyl halides is 2. The molecule has 3 nitrogen and oxygen atoms in total. The van der Waals surface area contributed by atoms with E-state index in [0.29, 0.717) is 13.0 Å². The third-order valence-electron chi connectivity index (χ3n) is 4.52. The first-order chi connectivity index (χ1) is 12.4. The molecule has 2 N–H and O–H groups in total. The molecule has 0 saturated carbocycles. The third kappa shape index (κ3) is 4.96. The number of ketones is 1. The van der Waals surface area contributed by atoms with Gasteiger partial charge in [0.2, 0.25) is 0 Å². The van der Waals surface area contributed by atoms with E-state index in [9.17, 15) is 18.7 Å². The normalized spacial score (nSPS) is 14.8. The monoisotopic (exact) mass is 361 g/mol. The van der Waals surface area contributed by atoms with E-state index in [-0.39, 0.29) is 6.42 Å². The molecule has 0 fully saturated rings. The van der Waals surface area contributed by atoms with Gasteiger partial charge in [0.15, 0.2) is 5.78 Å². The second-order valence-corrected chi connectivity index (χ2v) is 6.55. The van der Waals surface area contributed by atoms with Crippen molar-refractivity contribution < 1.29 is 18.7 Å². The van der Waals surface area contributed by atoms with Gasteiger partial charge in [0, 0.05) is 6.42 Å². The fourth-order valence-corrected chi connectivity index (χ4v) is 2.83. The number of hydrogen-bond acceptors (Lipinski definition) is 3. The van der Waals surface area contributed by atoms with Gasteiger partial charge in [0.25, 0.3) is 6.43 Å². The van der Waals surface area contributed by atoms with Crippen molar-refractivity contribution in [3.8, 4) is 11.1 Å². The SMILES string of the molecule is CCC(=O)[C@@H](NCCc1ccc(-c2ccccc2)cc1)[C@](C)(O)C(F)F. The predicted octanol–water partition coefficient (Wildman–Crippen LogP) is 3.85. The Bertz CT molecular complexity index is 700. The van der Waals surface area contributed by atoms with Gasteiger partial charge in [-0.3, -0.25) is 4.79 Å². The Balaban J connectivity index is 1.98. The summed E-state index contributed by atoms with van der Waals surface area (Å²) in [6.07, 6.45) is -2.34. The molecule has 0 aliphatic carbocycles. The summed E-state index contributed by atoms with van der Waals surface area (Å²) >= 11 is 0. The van der Waals surface area contributed by atoms with E-state index in [2.05, 4.69) is 5.32 Å². The lowest BCUT2D eigenvalue weighted by molar-refractivity contribution is -0.141. The Morgan fingerprint density at radius 3 is 2.19 bits per heavy atom. The molecule has 2 aromatic rings. The highest BCUT2D eigenvalue weighted by Crippen LogP contribution is 2.22. The summed E-state index contributed by atoms with van der Waals surface area (Å²) in [4.78, 5) is 12.0. The van der Waals surface area contributed by atoms with Crippen LogP contribution >= 0.6 is 0 Å². The molecule has 0 aliphatic heterocycles. The molecule has 5 heteroatoms. The standard InChI is InChI=1S/C21H25F2NO2/c1-3-18(25)19(21(2,26)20(22)23)24-14-13-15-9-11-17(12-10-15)16-7-5-4-6-8-16/h4-12,19-20,24,26H,3,13-14H2,1-2H3/t19-,21+/m1/s1. The first-order valence-electron chi connectivity index (χ1n) is 8.77. The van der Waals surface area contributed by atoms with Crippen LogP contribution in [0.3, 0.4) is 0 Å². The summed E-state index contributed by atoms with van der Waals surface area (Å²) in [6, 6.07) is 16.7. The number of carbonyl (C=O) groups excluding carboxylic acids is 1. The molecule has 0 heterocycles. The maximum absolute atomic E-state index is 13.1. The fourth-order valence-electron chi connectivity index (χ4n) is 2.83. The van der Waals surface area contributed by atoms with Crippen LogP contribution in [0.5, 0.6) is 0 Å². The highest BCUT2D eigenvalue weighted by molar-refractivity contribution is 5.85. The molecule has 0 amide bonds. The highest BCUT2D eigenvalue weighted by Gasteiger charge is 2.43. The molecule has 2 atom stereocenters. The van der Waals surface area contributed by atoms with Crippen LogP contribution in [0.2, 0.25) is 0 Å². The maximum Gasteiger partial charge on any atom is 0.268 e. The Labute approximate surface area is 153 Å². The van der Waals surface area contributed by atoms with E-state index in [4.69, 9.17) is 0 Å². The number of rotatable bonds is 9. The lowest BCUT2D eigenvalue weighted by atomic mass is 9.91. The Hall–Kier alpha value is -2.11. The van der Waals surface area contributed by atoms with Gasteiger partial charge in [-0.25, -0.2) is 8.78 Å². The average molecular weight is 361 g/mol. The quantitative estimate of drug-likeness (QED) is 0.713. The molecule has 140 valence electrons. The molecule has 0 saturated heterocycles. The Morgan fingerprint density at radius 2 is 1.65 bits per heavy atom. The maximum atomic E-state index is 13.1. The van der Waals surface area contributed by atoms with E-state index in [1.165, 1.54) is 0 Å². The zero-order valence-corrected chi connectivity index (χ0v) is 15.1. The van der Waals surface area contributed by atoms with Crippen molar-refractivity contribution in [3.05, 3.63) is 60.2 Å². The number of aliphatic hydroxyl groups is 1. The van der Waals surface area contributed by atoms with Gasteiger partial charge in [0.1, 0.15) is 11.6 Å². The first kappa shape index (κ1) is 20.2. The van der Waals surface area contributed by atoms with Crippen molar-refractivity contribution in [2.24, 2.45) is 0 Å². The van der Waals surface area contributed by atoms with Gasteiger partial charge < -0.3 is 10.4 Å². The van der Waals surface area contributed by atoms with Crippen molar-refractivity contribution in [1.82, 2.24) is 5.32 Å². The van der Waals surface area contributed by atoms with Crippen molar-refractivity contribution >= 4 is 5.78 Å². The van der Waals surface area contributed by atoms with Crippen molar-refractivity contribution in [2.75, 3.05) is 6.54 Å². The highest BCUT2D eigenvalue weighted by atomic mass is 19.3. The Kier molecular flexibility index (Phi) is 7.00. The summed E-state index contributed by atoms with van der Waals surface area (Å²) in [5, 5.41) is 12.8. The summed E-state index contributed by atoms with van der Waals surface area (Å²) in [5.41, 5.74) is 0.863. The lowest BCUT2D eigenvalue weighted by Crippen LogP contribution is -2.57. The molecule has 0 aromatic heterocycles. The van der Waals surface area contributed by atoms with Crippen LogP contribution in [0.1, 0.15) is 25.8 Å². The first-order valence-corrected chi connectivity index (χ1v) is 8.77. The Morgan fingerprint density at radius 1 is 1.08 bits per heavy atom. The number of benzene rings is 2. The minimum atomic E-state index is -3.00. The van der Waals surface area contributed by atoms with E-state index < -0.39 is 23.9 Å². The molecule has 0 aliphatic rings. The molecule has 2 rings (SSSR count). The van der Waals surface area contributed by atoms with Gasteiger partial charge in [0.05, 0.1) is 0 Å². The van der Waals surface area contributed by atoms with E-state index in [0.717, 1.165) is 23.6 Å². The molecule has 0 bridgehead atoms. The lowest BCUT2D eigenvalue weighted by Gasteiger charge is -2.31. The van der Waals surface area contributed by atoms with Crippen LogP contribution in [-0.2, 0) is 11.2 Å². The molecule has 26 heavy (non-hydrogen) atoms. The molecular weight excluding hydrogens is 336 g/mol. The molecule has 2 aromatic carbocycles. The smallest absolute Gasteiger partial charge is 0.268 e. The number of carbonyl (C=O) groups is 1.